The van der Waals surface area contributed by atoms with Gasteiger partial charge < -0.3 is 4.74 Å². The van der Waals surface area contributed by atoms with Gasteiger partial charge in [-0.2, -0.15) is 0 Å². The summed E-state index contributed by atoms with van der Waals surface area (Å²) in [5, 5.41) is 0. The van der Waals surface area contributed by atoms with E-state index in [4.69, 9.17) is 4.74 Å². The van der Waals surface area contributed by atoms with Gasteiger partial charge in [-0.05, 0) is 19.3 Å². The molecule has 74 valence electrons. The quantitative estimate of drug-likeness (QED) is 0.630. The number of ether oxygens (including phenoxy) is 1. The lowest BCUT2D eigenvalue weighted by molar-refractivity contribution is -0.116. The molecule has 13 heavy (non-hydrogen) atoms. The SMILES string of the molecule is CC1OCCC1CN1CCC(=O)C1. The summed E-state index contributed by atoms with van der Waals surface area (Å²) in [5.74, 6) is 1.04. The Morgan fingerprint density at radius 3 is 3.00 bits per heavy atom. The van der Waals surface area contributed by atoms with Crippen LogP contribution in [0.1, 0.15) is 19.8 Å². The number of hydrogen-bond acceptors (Lipinski definition) is 3. The number of Topliss-reactive ketones (excluding diaryl/α,β-unsaturated/α-hetero) is 1. The van der Waals surface area contributed by atoms with Gasteiger partial charge in [0, 0.05) is 26.1 Å². The molecule has 2 aliphatic heterocycles. The van der Waals surface area contributed by atoms with Crippen LogP contribution in [0.2, 0.25) is 0 Å². The van der Waals surface area contributed by atoms with Gasteiger partial charge in [-0.15, -0.1) is 0 Å². The van der Waals surface area contributed by atoms with E-state index in [1.54, 1.807) is 0 Å². The minimum absolute atomic E-state index is 0.385. The number of carbonyl (C=O) groups is 1. The van der Waals surface area contributed by atoms with E-state index >= 15 is 0 Å². The summed E-state index contributed by atoms with van der Waals surface area (Å²) in [5.41, 5.74) is 0. The number of carbonyl (C=O) groups excluding carboxylic acids is 1. The zero-order chi connectivity index (χ0) is 9.26. The lowest BCUT2D eigenvalue weighted by atomic mass is 10.0. The third-order valence-electron chi connectivity index (χ3n) is 3.13. The minimum atomic E-state index is 0.385. The number of rotatable bonds is 2. The molecule has 2 aliphatic rings. The van der Waals surface area contributed by atoms with Gasteiger partial charge in [0.25, 0.3) is 0 Å². The highest BCUT2D eigenvalue weighted by molar-refractivity contribution is 5.82. The van der Waals surface area contributed by atoms with Crippen molar-refractivity contribution in [1.29, 1.82) is 0 Å². The number of ketones is 1. The molecule has 0 aromatic carbocycles. The monoisotopic (exact) mass is 183 g/mol. The Morgan fingerprint density at radius 2 is 2.46 bits per heavy atom. The van der Waals surface area contributed by atoms with Crippen LogP contribution in [-0.2, 0) is 9.53 Å². The van der Waals surface area contributed by atoms with Crippen LogP contribution in [0.3, 0.4) is 0 Å². The predicted molar refractivity (Wildman–Crippen MR) is 49.6 cm³/mol. The van der Waals surface area contributed by atoms with Crippen LogP contribution in [0.4, 0.5) is 0 Å². The van der Waals surface area contributed by atoms with E-state index in [1.807, 2.05) is 0 Å². The van der Waals surface area contributed by atoms with Crippen molar-refractivity contribution in [3.63, 3.8) is 0 Å². The van der Waals surface area contributed by atoms with E-state index in [0.717, 1.165) is 32.5 Å². The van der Waals surface area contributed by atoms with E-state index in [2.05, 4.69) is 11.8 Å². The van der Waals surface area contributed by atoms with Gasteiger partial charge in [0.15, 0.2) is 0 Å². The molecule has 2 fully saturated rings. The Balaban J connectivity index is 1.80. The highest BCUT2D eigenvalue weighted by Gasteiger charge is 2.28. The first-order valence-electron chi connectivity index (χ1n) is 5.11. The second-order valence-corrected chi connectivity index (χ2v) is 4.15. The zero-order valence-corrected chi connectivity index (χ0v) is 8.16. The molecule has 2 heterocycles. The molecule has 0 amide bonds. The number of nitrogens with zero attached hydrogens (tertiary/aromatic N) is 1. The predicted octanol–water partition coefficient (Wildman–Crippen LogP) is 0.686. The van der Waals surface area contributed by atoms with Crippen LogP contribution in [0.15, 0.2) is 0 Å². The second kappa shape index (κ2) is 3.76. The molecule has 0 N–H and O–H groups in total. The third-order valence-corrected chi connectivity index (χ3v) is 3.13. The number of hydrogen-bond donors (Lipinski definition) is 0. The molecule has 2 unspecified atom stereocenters. The topological polar surface area (TPSA) is 29.5 Å². The summed E-state index contributed by atoms with van der Waals surface area (Å²) in [4.78, 5) is 13.3. The Kier molecular flexibility index (Phi) is 2.65. The van der Waals surface area contributed by atoms with Gasteiger partial charge in [0.1, 0.15) is 5.78 Å². The van der Waals surface area contributed by atoms with Gasteiger partial charge in [-0.25, -0.2) is 0 Å². The standard InChI is InChI=1S/C10H17NO2/c1-8-9(3-5-13-8)6-11-4-2-10(12)7-11/h8-9H,2-7H2,1H3. The molecule has 2 rings (SSSR count). The molecule has 2 saturated heterocycles. The molecule has 3 heteroatoms. The molecule has 2 atom stereocenters. The zero-order valence-electron chi connectivity index (χ0n) is 8.16. The molecule has 0 aromatic heterocycles. The third kappa shape index (κ3) is 2.09. The fourth-order valence-corrected chi connectivity index (χ4v) is 2.19. The molecule has 0 bridgehead atoms. The van der Waals surface area contributed by atoms with E-state index in [0.29, 0.717) is 24.3 Å². The van der Waals surface area contributed by atoms with Gasteiger partial charge in [-0.1, -0.05) is 0 Å². The maximum atomic E-state index is 11.0. The van der Waals surface area contributed by atoms with Crippen molar-refractivity contribution < 1.29 is 9.53 Å². The van der Waals surface area contributed by atoms with Crippen molar-refractivity contribution in [2.24, 2.45) is 5.92 Å². The Morgan fingerprint density at radius 1 is 1.62 bits per heavy atom. The smallest absolute Gasteiger partial charge is 0.148 e. The fraction of sp³-hybridized carbons (Fsp3) is 0.900. The summed E-state index contributed by atoms with van der Waals surface area (Å²) in [6.45, 7) is 5.71. The van der Waals surface area contributed by atoms with Crippen molar-refractivity contribution in [3.05, 3.63) is 0 Å². The maximum Gasteiger partial charge on any atom is 0.148 e. The van der Waals surface area contributed by atoms with Crippen LogP contribution in [0.5, 0.6) is 0 Å². The second-order valence-electron chi connectivity index (χ2n) is 4.15. The molecule has 3 nitrogen and oxygen atoms in total. The highest BCUT2D eigenvalue weighted by atomic mass is 16.5. The van der Waals surface area contributed by atoms with Crippen LogP contribution in [-0.4, -0.2) is 43.0 Å². The summed E-state index contributed by atoms with van der Waals surface area (Å²) in [6.07, 6.45) is 2.30. The van der Waals surface area contributed by atoms with Gasteiger partial charge >= 0.3 is 0 Å². The Labute approximate surface area is 79.0 Å². The summed E-state index contributed by atoms with van der Waals surface area (Å²) in [7, 11) is 0. The van der Waals surface area contributed by atoms with Crippen LogP contribution < -0.4 is 0 Å². The van der Waals surface area contributed by atoms with Gasteiger partial charge in [0.2, 0.25) is 0 Å². The van der Waals surface area contributed by atoms with Crippen molar-refractivity contribution in [3.8, 4) is 0 Å². The summed E-state index contributed by atoms with van der Waals surface area (Å²) in [6, 6.07) is 0. The molecule has 0 radical (unpaired) electrons. The van der Waals surface area contributed by atoms with Crippen LogP contribution in [0.25, 0.3) is 0 Å². The van der Waals surface area contributed by atoms with Gasteiger partial charge in [0.05, 0.1) is 12.6 Å². The first-order valence-corrected chi connectivity index (χ1v) is 5.11. The normalized spacial score (nSPS) is 35.9. The largest absolute Gasteiger partial charge is 0.378 e. The van der Waals surface area contributed by atoms with Crippen molar-refractivity contribution in [2.75, 3.05) is 26.2 Å². The molecule has 0 aliphatic carbocycles. The van der Waals surface area contributed by atoms with Crippen molar-refractivity contribution in [1.82, 2.24) is 4.90 Å². The van der Waals surface area contributed by atoms with Crippen LogP contribution in [0, 0.1) is 5.92 Å². The Hall–Kier alpha value is -0.410. The van der Waals surface area contributed by atoms with Crippen molar-refractivity contribution >= 4 is 5.78 Å². The molecular weight excluding hydrogens is 166 g/mol. The molecule has 0 saturated carbocycles. The summed E-state index contributed by atoms with van der Waals surface area (Å²) >= 11 is 0. The lowest BCUT2D eigenvalue weighted by Crippen LogP contribution is -2.30. The lowest BCUT2D eigenvalue weighted by Gasteiger charge is -2.20. The molecule has 0 aromatic rings. The van der Waals surface area contributed by atoms with Crippen LogP contribution >= 0.6 is 0 Å². The average Bonchev–Trinajstić information content (AvgIpc) is 2.64. The van der Waals surface area contributed by atoms with E-state index in [9.17, 15) is 4.79 Å². The van der Waals surface area contributed by atoms with E-state index in [-0.39, 0.29) is 0 Å². The number of likely N-dealkylation sites (tertiary alicyclic amines) is 1. The maximum absolute atomic E-state index is 11.0. The van der Waals surface area contributed by atoms with Gasteiger partial charge in [-0.3, -0.25) is 9.69 Å². The molecular formula is C10H17NO2. The highest BCUT2D eigenvalue weighted by Crippen LogP contribution is 2.22. The first-order chi connectivity index (χ1) is 6.25. The minimum Gasteiger partial charge on any atom is -0.378 e. The fourth-order valence-electron chi connectivity index (χ4n) is 2.19. The molecule has 0 spiro atoms. The van der Waals surface area contributed by atoms with E-state index < -0.39 is 0 Å². The van der Waals surface area contributed by atoms with E-state index in [1.165, 1.54) is 0 Å². The first kappa shape index (κ1) is 9.16. The summed E-state index contributed by atoms with van der Waals surface area (Å²) < 4.78 is 5.49. The average molecular weight is 183 g/mol. The van der Waals surface area contributed by atoms with Crippen molar-refractivity contribution in [2.45, 2.75) is 25.9 Å². The Bertz CT molecular complexity index is 205.